The number of alkyl halides is 3. The first-order valence-corrected chi connectivity index (χ1v) is 4.65. The molecule has 1 aromatic rings. The molecule has 0 saturated carbocycles. The highest BCUT2D eigenvalue weighted by Crippen LogP contribution is 2.36. The first kappa shape index (κ1) is 11.8. The van der Waals surface area contributed by atoms with Gasteiger partial charge in [-0.1, -0.05) is 18.2 Å². The van der Waals surface area contributed by atoms with Crippen molar-refractivity contribution in [1.82, 2.24) is 0 Å². The summed E-state index contributed by atoms with van der Waals surface area (Å²) in [5.41, 5.74) is 0.748. The maximum atomic E-state index is 12.8. The van der Waals surface area contributed by atoms with Crippen LogP contribution in [0.2, 0.25) is 0 Å². The molecular weight excluding hydrogens is 201 g/mol. The third kappa shape index (κ3) is 2.41. The quantitative estimate of drug-likeness (QED) is 0.651. The first-order valence-electron chi connectivity index (χ1n) is 4.65. The van der Waals surface area contributed by atoms with Crippen molar-refractivity contribution in [2.24, 2.45) is 0 Å². The Morgan fingerprint density at radius 1 is 1.20 bits per heavy atom. The second-order valence-electron chi connectivity index (χ2n) is 3.54. The summed E-state index contributed by atoms with van der Waals surface area (Å²) in [5.74, 6) is 0. The Morgan fingerprint density at radius 2 is 1.73 bits per heavy atom. The minimum atomic E-state index is -4.28. The van der Waals surface area contributed by atoms with Crippen LogP contribution in [0.3, 0.4) is 0 Å². The Kier molecular flexibility index (Phi) is 3.22. The van der Waals surface area contributed by atoms with Crippen molar-refractivity contribution in [3.8, 4) is 0 Å². The number of aryl methyl sites for hydroxylation is 2. The monoisotopic (exact) mass is 214 g/mol. The summed E-state index contributed by atoms with van der Waals surface area (Å²) in [7, 11) is 0. The average molecular weight is 214 g/mol. The van der Waals surface area contributed by atoms with Crippen molar-refractivity contribution in [3.05, 3.63) is 47.0 Å². The molecule has 15 heavy (non-hydrogen) atoms. The molecule has 0 amide bonds. The lowest BCUT2D eigenvalue weighted by molar-refractivity contribution is -0.138. The number of rotatable bonds is 2. The first-order chi connectivity index (χ1) is 6.88. The summed E-state index contributed by atoms with van der Waals surface area (Å²) in [4.78, 5) is 0. The molecular formula is C12H13F3. The molecule has 0 unspecified atom stereocenters. The van der Waals surface area contributed by atoms with Crippen LogP contribution < -0.4 is 0 Å². The Bertz CT molecular complexity index is 375. The van der Waals surface area contributed by atoms with Crippen molar-refractivity contribution < 1.29 is 13.2 Å². The van der Waals surface area contributed by atoms with Gasteiger partial charge in [0.1, 0.15) is 0 Å². The molecule has 0 aliphatic rings. The van der Waals surface area contributed by atoms with E-state index >= 15 is 0 Å². The predicted octanol–water partition coefficient (Wildman–Crippen LogP) is 4.05. The van der Waals surface area contributed by atoms with Gasteiger partial charge >= 0.3 is 6.18 Å². The van der Waals surface area contributed by atoms with E-state index in [4.69, 9.17) is 0 Å². The summed E-state index contributed by atoms with van der Waals surface area (Å²) >= 11 is 0. The van der Waals surface area contributed by atoms with Crippen LogP contribution in [-0.2, 0) is 12.6 Å². The molecule has 0 aromatic heterocycles. The van der Waals surface area contributed by atoms with Crippen molar-refractivity contribution in [2.75, 3.05) is 0 Å². The molecule has 1 aromatic carbocycles. The fourth-order valence-corrected chi connectivity index (χ4v) is 1.67. The van der Waals surface area contributed by atoms with Crippen LogP contribution in [-0.4, -0.2) is 0 Å². The number of hydrogen-bond donors (Lipinski definition) is 0. The second kappa shape index (κ2) is 4.09. The SMILES string of the molecule is C=CCc1c(C)ccc(C)c1C(F)(F)F. The van der Waals surface area contributed by atoms with Crippen LogP contribution in [0, 0.1) is 13.8 Å². The highest BCUT2D eigenvalue weighted by Gasteiger charge is 2.35. The van der Waals surface area contributed by atoms with E-state index in [1.165, 1.54) is 19.1 Å². The standard InChI is InChI=1S/C12H13F3/c1-4-5-10-8(2)6-7-9(3)11(10)12(13,14)15/h4,6-7H,1,5H2,2-3H3. The largest absolute Gasteiger partial charge is 0.416 e. The number of halogens is 3. The van der Waals surface area contributed by atoms with Crippen molar-refractivity contribution in [3.63, 3.8) is 0 Å². The van der Waals surface area contributed by atoms with Gasteiger partial charge in [-0.15, -0.1) is 6.58 Å². The fraction of sp³-hybridized carbons (Fsp3) is 0.333. The Labute approximate surface area is 87.4 Å². The van der Waals surface area contributed by atoms with E-state index in [1.54, 1.807) is 13.0 Å². The summed E-state index contributed by atoms with van der Waals surface area (Å²) < 4.78 is 38.3. The maximum absolute atomic E-state index is 12.8. The van der Waals surface area contributed by atoms with E-state index in [0.717, 1.165) is 0 Å². The van der Waals surface area contributed by atoms with Crippen molar-refractivity contribution in [2.45, 2.75) is 26.4 Å². The van der Waals surface area contributed by atoms with Gasteiger partial charge in [0, 0.05) is 0 Å². The van der Waals surface area contributed by atoms with Crippen molar-refractivity contribution >= 4 is 0 Å². The lowest BCUT2D eigenvalue weighted by Gasteiger charge is -2.16. The molecule has 0 aliphatic heterocycles. The summed E-state index contributed by atoms with van der Waals surface area (Å²) in [6, 6.07) is 3.22. The van der Waals surface area contributed by atoms with Gasteiger partial charge in [-0.3, -0.25) is 0 Å². The van der Waals surface area contributed by atoms with Crippen molar-refractivity contribution in [1.29, 1.82) is 0 Å². The molecule has 0 nitrogen and oxygen atoms in total. The van der Waals surface area contributed by atoms with Crippen LogP contribution in [0.1, 0.15) is 22.3 Å². The number of hydrogen-bond acceptors (Lipinski definition) is 0. The molecule has 0 atom stereocenters. The Hall–Kier alpha value is -1.25. The number of allylic oxidation sites excluding steroid dienone is 1. The molecule has 0 bridgehead atoms. The highest BCUT2D eigenvalue weighted by atomic mass is 19.4. The van der Waals surface area contributed by atoms with Crippen LogP contribution in [0.15, 0.2) is 24.8 Å². The number of benzene rings is 1. The minimum absolute atomic E-state index is 0.252. The zero-order chi connectivity index (χ0) is 11.6. The van der Waals surface area contributed by atoms with Gasteiger partial charge in [-0.05, 0) is 37.0 Å². The second-order valence-corrected chi connectivity index (χ2v) is 3.54. The molecule has 82 valence electrons. The minimum Gasteiger partial charge on any atom is -0.166 e. The van der Waals surface area contributed by atoms with E-state index in [9.17, 15) is 13.2 Å². The Balaban J connectivity index is 3.44. The van der Waals surface area contributed by atoms with Gasteiger partial charge < -0.3 is 0 Å². The van der Waals surface area contributed by atoms with E-state index in [1.807, 2.05) is 0 Å². The van der Waals surface area contributed by atoms with Crippen LogP contribution >= 0.6 is 0 Å². The van der Waals surface area contributed by atoms with Gasteiger partial charge in [0.15, 0.2) is 0 Å². The van der Waals surface area contributed by atoms with Crippen LogP contribution in [0.25, 0.3) is 0 Å². The topological polar surface area (TPSA) is 0 Å². The lowest BCUT2D eigenvalue weighted by atomic mass is 9.94. The molecule has 0 saturated heterocycles. The average Bonchev–Trinajstić information content (AvgIpc) is 2.09. The Morgan fingerprint density at radius 3 is 2.20 bits per heavy atom. The zero-order valence-corrected chi connectivity index (χ0v) is 8.78. The normalized spacial score (nSPS) is 11.5. The molecule has 0 fully saturated rings. The molecule has 0 aliphatic carbocycles. The smallest absolute Gasteiger partial charge is 0.166 e. The van der Waals surface area contributed by atoms with E-state index < -0.39 is 11.7 Å². The molecule has 3 heteroatoms. The van der Waals surface area contributed by atoms with Gasteiger partial charge in [-0.2, -0.15) is 13.2 Å². The van der Waals surface area contributed by atoms with Gasteiger partial charge in [-0.25, -0.2) is 0 Å². The zero-order valence-electron chi connectivity index (χ0n) is 8.78. The van der Waals surface area contributed by atoms with Gasteiger partial charge in [0.25, 0.3) is 0 Å². The fourth-order valence-electron chi connectivity index (χ4n) is 1.67. The van der Waals surface area contributed by atoms with Gasteiger partial charge in [0.2, 0.25) is 0 Å². The molecule has 0 heterocycles. The predicted molar refractivity (Wildman–Crippen MR) is 54.8 cm³/mol. The van der Waals surface area contributed by atoms with E-state index in [2.05, 4.69) is 6.58 Å². The maximum Gasteiger partial charge on any atom is 0.416 e. The summed E-state index contributed by atoms with van der Waals surface area (Å²) in [5, 5.41) is 0. The lowest BCUT2D eigenvalue weighted by Crippen LogP contribution is -2.12. The van der Waals surface area contributed by atoms with Crippen LogP contribution in [0.4, 0.5) is 13.2 Å². The highest BCUT2D eigenvalue weighted by molar-refractivity contribution is 5.42. The molecule has 1 rings (SSSR count). The molecule has 0 N–H and O–H groups in total. The molecule has 0 spiro atoms. The summed E-state index contributed by atoms with van der Waals surface area (Å²) in [6.45, 7) is 6.65. The molecule has 0 radical (unpaired) electrons. The van der Waals surface area contributed by atoms with E-state index in [-0.39, 0.29) is 12.0 Å². The third-order valence-electron chi connectivity index (χ3n) is 2.39. The van der Waals surface area contributed by atoms with Gasteiger partial charge in [0.05, 0.1) is 5.56 Å². The van der Waals surface area contributed by atoms with E-state index in [0.29, 0.717) is 11.1 Å². The van der Waals surface area contributed by atoms with Crippen LogP contribution in [0.5, 0.6) is 0 Å². The summed E-state index contributed by atoms with van der Waals surface area (Å²) in [6.07, 6.45) is -2.53. The third-order valence-corrected chi connectivity index (χ3v) is 2.39.